The zero-order chi connectivity index (χ0) is 10.9. The van der Waals surface area contributed by atoms with Gasteiger partial charge in [-0.2, -0.15) is 0 Å². The summed E-state index contributed by atoms with van der Waals surface area (Å²) in [6.07, 6.45) is 0. The molecular formula is C11H17Cl2NO. The van der Waals surface area contributed by atoms with E-state index in [0.29, 0.717) is 10.6 Å². The number of para-hydroxylation sites is 1. The van der Waals surface area contributed by atoms with Crippen LogP contribution < -0.4 is 5.73 Å². The molecule has 15 heavy (non-hydrogen) atoms. The predicted octanol–water partition coefficient (Wildman–Crippen LogP) is 3.51. The molecule has 0 aliphatic carbocycles. The van der Waals surface area contributed by atoms with Crippen LogP contribution in [0.1, 0.15) is 32.4 Å². The lowest BCUT2D eigenvalue weighted by molar-refractivity contribution is 0.318. The smallest absolute Gasteiger partial charge is 0.138 e. The van der Waals surface area contributed by atoms with E-state index in [-0.39, 0.29) is 29.6 Å². The maximum atomic E-state index is 9.72. The van der Waals surface area contributed by atoms with E-state index in [2.05, 4.69) is 0 Å². The van der Waals surface area contributed by atoms with Gasteiger partial charge in [-0.1, -0.05) is 44.5 Å². The maximum absolute atomic E-state index is 9.72. The minimum absolute atomic E-state index is 0. The topological polar surface area (TPSA) is 46.2 Å². The zero-order valence-electron chi connectivity index (χ0n) is 9.12. The van der Waals surface area contributed by atoms with Crippen LogP contribution in [0.2, 0.25) is 5.02 Å². The van der Waals surface area contributed by atoms with E-state index in [1.807, 2.05) is 20.8 Å². The van der Waals surface area contributed by atoms with Gasteiger partial charge in [-0.3, -0.25) is 0 Å². The fraction of sp³-hybridized carbons (Fsp3) is 0.455. The van der Waals surface area contributed by atoms with E-state index in [1.54, 1.807) is 18.2 Å². The van der Waals surface area contributed by atoms with E-state index in [0.717, 1.165) is 0 Å². The quantitative estimate of drug-likeness (QED) is 0.801. The molecule has 1 aromatic carbocycles. The number of hydrogen-bond acceptors (Lipinski definition) is 2. The molecular weight excluding hydrogens is 233 g/mol. The highest BCUT2D eigenvalue weighted by molar-refractivity contribution is 6.32. The molecule has 0 aromatic heterocycles. The third-order valence-corrected chi connectivity index (χ3v) is 2.59. The molecule has 3 N–H and O–H groups in total. The third-order valence-electron chi connectivity index (χ3n) is 2.29. The van der Waals surface area contributed by atoms with Crippen molar-refractivity contribution in [1.82, 2.24) is 0 Å². The van der Waals surface area contributed by atoms with E-state index in [1.165, 1.54) is 0 Å². The zero-order valence-corrected chi connectivity index (χ0v) is 10.7. The monoisotopic (exact) mass is 249 g/mol. The number of nitrogens with two attached hydrogens (primary N) is 1. The van der Waals surface area contributed by atoms with Crippen LogP contribution in [0.15, 0.2) is 18.2 Å². The molecule has 4 heteroatoms. The Balaban J connectivity index is 0.00000196. The highest BCUT2D eigenvalue weighted by Gasteiger charge is 2.25. The number of rotatable bonds is 1. The molecule has 0 saturated carbocycles. The first-order chi connectivity index (χ1) is 6.34. The first-order valence-electron chi connectivity index (χ1n) is 4.57. The van der Waals surface area contributed by atoms with Gasteiger partial charge in [0.1, 0.15) is 5.75 Å². The summed E-state index contributed by atoms with van der Waals surface area (Å²) in [7, 11) is 0. The second-order valence-corrected chi connectivity index (χ2v) is 4.93. The summed E-state index contributed by atoms with van der Waals surface area (Å²) < 4.78 is 0. The first-order valence-corrected chi connectivity index (χ1v) is 4.95. The molecule has 86 valence electrons. The highest BCUT2D eigenvalue weighted by atomic mass is 35.5. The summed E-state index contributed by atoms with van der Waals surface area (Å²) in [6, 6.07) is 5.02. The lowest BCUT2D eigenvalue weighted by Gasteiger charge is -2.28. The van der Waals surface area contributed by atoms with Crippen LogP contribution in [0.5, 0.6) is 5.75 Å². The minimum Gasteiger partial charge on any atom is -0.506 e. The standard InChI is InChI=1S/C11H16ClNO.ClH/c1-11(2,3)10(13)7-5-4-6-8(12)9(7)14;/h4-6,10,14H,13H2,1-3H3;1H/t10-;/m1./s1. The summed E-state index contributed by atoms with van der Waals surface area (Å²) in [5.74, 6) is 0.0941. The Hall–Kier alpha value is -0.440. The van der Waals surface area contributed by atoms with Crippen molar-refractivity contribution in [2.75, 3.05) is 0 Å². The molecule has 0 heterocycles. The van der Waals surface area contributed by atoms with Crippen molar-refractivity contribution < 1.29 is 5.11 Å². The van der Waals surface area contributed by atoms with Gasteiger partial charge in [-0.15, -0.1) is 12.4 Å². The SMILES string of the molecule is CC(C)(C)[C@H](N)c1cccc(Cl)c1O.Cl. The maximum Gasteiger partial charge on any atom is 0.138 e. The number of phenolic OH excluding ortho intramolecular Hbond substituents is 1. The summed E-state index contributed by atoms with van der Waals surface area (Å²) in [5.41, 5.74) is 6.63. The molecule has 0 aliphatic rings. The summed E-state index contributed by atoms with van der Waals surface area (Å²) >= 11 is 5.80. The number of benzene rings is 1. The van der Waals surface area contributed by atoms with Crippen molar-refractivity contribution in [2.24, 2.45) is 11.1 Å². The fourth-order valence-corrected chi connectivity index (χ4v) is 1.43. The van der Waals surface area contributed by atoms with E-state index < -0.39 is 0 Å². The molecule has 2 nitrogen and oxygen atoms in total. The van der Waals surface area contributed by atoms with Crippen LogP contribution in [0, 0.1) is 5.41 Å². The molecule has 0 fully saturated rings. The molecule has 1 aromatic rings. The molecule has 0 amide bonds. The van der Waals surface area contributed by atoms with Crippen LogP contribution in [-0.2, 0) is 0 Å². The molecule has 0 bridgehead atoms. The number of halogens is 2. The van der Waals surface area contributed by atoms with Gasteiger partial charge >= 0.3 is 0 Å². The van der Waals surface area contributed by atoms with Crippen molar-refractivity contribution in [3.8, 4) is 5.75 Å². The number of hydrogen-bond donors (Lipinski definition) is 2. The largest absolute Gasteiger partial charge is 0.506 e. The summed E-state index contributed by atoms with van der Waals surface area (Å²) in [4.78, 5) is 0. The fourth-order valence-electron chi connectivity index (χ4n) is 1.25. The van der Waals surface area contributed by atoms with Crippen molar-refractivity contribution in [2.45, 2.75) is 26.8 Å². The summed E-state index contributed by atoms with van der Waals surface area (Å²) in [6.45, 7) is 6.08. The van der Waals surface area contributed by atoms with Gasteiger partial charge < -0.3 is 10.8 Å². The Labute approximate surface area is 102 Å². The number of phenols is 1. The van der Waals surface area contributed by atoms with E-state index >= 15 is 0 Å². The Kier molecular flexibility index (Phi) is 4.91. The molecule has 0 radical (unpaired) electrons. The van der Waals surface area contributed by atoms with Gasteiger partial charge in [0, 0.05) is 11.6 Å². The normalized spacial score (nSPS) is 13.1. The second kappa shape index (κ2) is 5.06. The van der Waals surface area contributed by atoms with Crippen LogP contribution in [-0.4, -0.2) is 5.11 Å². The molecule has 0 saturated heterocycles. The molecule has 0 unspecified atom stereocenters. The Morgan fingerprint density at radius 1 is 1.33 bits per heavy atom. The van der Waals surface area contributed by atoms with Crippen molar-refractivity contribution in [3.05, 3.63) is 28.8 Å². The van der Waals surface area contributed by atoms with Gasteiger partial charge in [0.05, 0.1) is 5.02 Å². The van der Waals surface area contributed by atoms with Gasteiger partial charge in [0.25, 0.3) is 0 Å². The van der Waals surface area contributed by atoms with Crippen molar-refractivity contribution >= 4 is 24.0 Å². The average molecular weight is 250 g/mol. The van der Waals surface area contributed by atoms with E-state index in [4.69, 9.17) is 17.3 Å². The van der Waals surface area contributed by atoms with Crippen LogP contribution in [0.25, 0.3) is 0 Å². The molecule has 1 rings (SSSR count). The lowest BCUT2D eigenvalue weighted by Crippen LogP contribution is -2.26. The molecule has 0 spiro atoms. The number of aromatic hydroxyl groups is 1. The van der Waals surface area contributed by atoms with E-state index in [9.17, 15) is 5.11 Å². The van der Waals surface area contributed by atoms with Gasteiger partial charge in [0.15, 0.2) is 0 Å². The molecule has 1 atom stereocenters. The minimum atomic E-state index is -0.221. The van der Waals surface area contributed by atoms with Crippen LogP contribution in [0.4, 0.5) is 0 Å². The Bertz CT molecular complexity index is 334. The van der Waals surface area contributed by atoms with Gasteiger partial charge in [-0.25, -0.2) is 0 Å². The molecule has 0 aliphatic heterocycles. The predicted molar refractivity (Wildman–Crippen MR) is 66.7 cm³/mol. The van der Waals surface area contributed by atoms with Gasteiger partial charge in [-0.05, 0) is 11.5 Å². The third kappa shape index (κ3) is 3.26. The second-order valence-electron chi connectivity index (χ2n) is 4.52. The Morgan fingerprint density at radius 3 is 2.33 bits per heavy atom. The summed E-state index contributed by atoms with van der Waals surface area (Å²) in [5, 5.41) is 10.1. The highest BCUT2D eigenvalue weighted by Crippen LogP contribution is 2.38. The van der Waals surface area contributed by atoms with Crippen molar-refractivity contribution in [3.63, 3.8) is 0 Å². The van der Waals surface area contributed by atoms with Gasteiger partial charge in [0.2, 0.25) is 0 Å². The average Bonchev–Trinajstić information content (AvgIpc) is 2.07. The first kappa shape index (κ1) is 14.6. The van der Waals surface area contributed by atoms with Crippen LogP contribution >= 0.6 is 24.0 Å². The lowest BCUT2D eigenvalue weighted by atomic mass is 9.83. The van der Waals surface area contributed by atoms with Crippen LogP contribution in [0.3, 0.4) is 0 Å². The van der Waals surface area contributed by atoms with Crippen molar-refractivity contribution in [1.29, 1.82) is 0 Å². The Morgan fingerprint density at radius 2 is 1.87 bits per heavy atom.